The highest BCUT2D eigenvalue weighted by Crippen LogP contribution is 2.27. The van der Waals surface area contributed by atoms with Crippen molar-refractivity contribution in [3.8, 4) is 0 Å². The summed E-state index contributed by atoms with van der Waals surface area (Å²) in [5, 5.41) is 0. The fourth-order valence-corrected chi connectivity index (χ4v) is 1.22. The molecule has 0 bridgehead atoms. The van der Waals surface area contributed by atoms with Gasteiger partial charge in [0.15, 0.2) is 0 Å². The summed E-state index contributed by atoms with van der Waals surface area (Å²) in [6, 6.07) is 0. The molecule has 0 aromatic heterocycles. The van der Waals surface area contributed by atoms with Gasteiger partial charge in [0.05, 0.1) is 5.60 Å². The SMILES string of the molecule is CC(C)(C)[CH]C(C)(C)O[SiH3]. The van der Waals surface area contributed by atoms with Crippen molar-refractivity contribution < 1.29 is 4.43 Å². The van der Waals surface area contributed by atoms with Gasteiger partial charge in [-0.1, -0.05) is 20.8 Å². The zero-order valence-corrected chi connectivity index (χ0v) is 9.99. The minimum Gasteiger partial charge on any atom is -0.423 e. The Morgan fingerprint density at radius 1 is 1.10 bits per heavy atom. The normalized spacial score (nSPS) is 14.1. The summed E-state index contributed by atoms with van der Waals surface area (Å²) in [6.07, 6.45) is 2.24. The van der Waals surface area contributed by atoms with E-state index >= 15 is 0 Å². The Hall–Kier alpha value is 0.177. The molecule has 0 aliphatic rings. The van der Waals surface area contributed by atoms with Gasteiger partial charge in [-0.05, 0) is 25.7 Å². The second-order valence-corrected chi connectivity index (χ2v) is 4.73. The quantitative estimate of drug-likeness (QED) is 0.552. The fraction of sp³-hybridized carbons (Fsp3) is 0.875. The summed E-state index contributed by atoms with van der Waals surface area (Å²) in [4.78, 5) is 0. The van der Waals surface area contributed by atoms with E-state index in [0.29, 0.717) is 0 Å². The van der Waals surface area contributed by atoms with Crippen molar-refractivity contribution in [2.75, 3.05) is 0 Å². The van der Waals surface area contributed by atoms with Gasteiger partial charge in [-0.3, -0.25) is 0 Å². The smallest absolute Gasteiger partial charge is 0.146 e. The first kappa shape index (κ1) is 10.2. The summed E-state index contributed by atoms with van der Waals surface area (Å²) in [5.74, 6) is 0. The fourth-order valence-electron chi connectivity index (χ4n) is 1.10. The maximum atomic E-state index is 5.40. The Labute approximate surface area is 67.7 Å². The van der Waals surface area contributed by atoms with Gasteiger partial charge in [0.1, 0.15) is 10.5 Å². The highest BCUT2D eigenvalue weighted by molar-refractivity contribution is 5.98. The van der Waals surface area contributed by atoms with Gasteiger partial charge < -0.3 is 4.43 Å². The predicted octanol–water partition coefficient (Wildman–Crippen LogP) is 1.31. The van der Waals surface area contributed by atoms with Crippen LogP contribution >= 0.6 is 0 Å². The number of rotatable bonds is 2. The van der Waals surface area contributed by atoms with Crippen LogP contribution in [0.15, 0.2) is 0 Å². The molecule has 0 saturated carbocycles. The van der Waals surface area contributed by atoms with Crippen LogP contribution in [-0.4, -0.2) is 16.1 Å². The third-order valence-corrected chi connectivity index (χ3v) is 2.36. The molecule has 0 amide bonds. The van der Waals surface area contributed by atoms with E-state index in [0.717, 1.165) is 10.5 Å². The van der Waals surface area contributed by atoms with E-state index in [-0.39, 0.29) is 11.0 Å². The van der Waals surface area contributed by atoms with E-state index in [1.807, 2.05) is 0 Å². The first-order valence-corrected chi connectivity index (χ1v) is 4.51. The standard InChI is InChI=1S/C8H19OSi/c1-7(2,3)6-8(4,5)9-10/h6H,1-5,10H3. The molecule has 0 heterocycles. The molecule has 0 fully saturated rings. The molecule has 0 N–H and O–H groups in total. The molecule has 0 spiro atoms. The predicted molar refractivity (Wildman–Crippen MR) is 48.9 cm³/mol. The van der Waals surface area contributed by atoms with Crippen molar-refractivity contribution in [3.63, 3.8) is 0 Å². The van der Waals surface area contributed by atoms with Crippen molar-refractivity contribution in [1.29, 1.82) is 0 Å². The molecule has 0 aliphatic heterocycles. The Balaban J connectivity index is 3.89. The van der Waals surface area contributed by atoms with E-state index in [4.69, 9.17) is 4.43 Å². The highest BCUT2D eigenvalue weighted by atomic mass is 28.2. The molecule has 0 atom stereocenters. The lowest BCUT2D eigenvalue weighted by Crippen LogP contribution is -2.30. The van der Waals surface area contributed by atoms with E-state index in [2.05, 4.69) is 41.0 Å². The minimum absolute atomic E-state index is 0.0372. The van der Waals surface area contributed by atoms with Crippen LogP contribution in [0.4, 0.5) is 0 Å². The van der Waals surface area contributed by atoms with Crippen LogP contribution in [0.5, 0.6) is 0 Å². The topological polar surface area (TPSA) is 9.23 Å². The minimum atomic E-state index is -0.0372. The summed E-state index contributed by atoms with van der Waals surface area (Å²) < 4.78 is 5.40. The van der Waals surface area contributed by atoms with Gasteiger partial charge >= 0.3 is 0 Å². The van der Waals surface area contributed by atoms with Crippen molar-refractivity contribution in [2.45, 2.75) is 40.2 Å². The molecule has 0 aromatic rings. The number of hydrogen-bond donors (Lipinski definition) is 0. The molecule has 10 heavy (non-hydrogen) atoms. The van der Waals surface area contributed by atoms with Gasteiger partial charge in [-0.25, -0.2) is 0 Å². The largest absolute Gasteiger partial charge is 0.423 e. The van der Waals surface area contributed by atoms with Crippen molar-refractivity contribution in [3.05, 3.63) is 6.42 Å². The van der Waals surface area contributed by atoms with Gasteiger partial charge in [-0.15, -0.1) is 0 Å². The van der Waals surface area contributed by atoms with E-state index < -0.39 is 0 Å². The van der Waals surface area contributed by atoms with Crippen molar-refractivity contribution in [2.24, 2.45) is 5.41 Å². The van der Waals surface area contributed by atoms with Crippen LogP contribution in [0.2, 0.25) is 0 Å². The number of hydrogen-bond acceptors (Lipinski definition) is 1. The lowest BCUT2D eigenvalue weighted by atomic mass is 9.84. The van der Waals surface area contributed by atoms with Crippen LogP contribution in [0.1, 0.15) is 34.6 Å². The van der Waals surface area contributed by atoms with E-state index in [1.165, 1.54) is 0 Å². The molecule has 1 nitrogen and oxygen atoms in total. The highest BCUT2D eigenvalue weighted by Gasteiger charge is 2.24. The van der Waals surface area contributed by atoms with E-state index in [1.54, 1.807) is 0 Å². The van der Waals surface area contributed by atoms with Gasteiger partial charge in [0, 0.05) is 0 Å². The van der Waals surface area contributed by atoms with Gasteiger partial charge in [0.25, 0.3) is 0 Å². The summed E-state index contributed by atoms with van der Waals surface area (Å²) >= 11 is 0. The maximum Gasteiger partial charge on any atom is 0.146 e. The lowest BCUT2D eigenvalue weighted by Gasteiger charge is -2.31. The van der Waals surface area contributed by atoms with Crippen molar-refractivity contribution in [1.82, 2.24) is 0 Å². The first-order valence-electron chi connectivity index (χ1n) is 3.69. The van der Waals surface area contributed by atoms with Gasteiger partial charge in [-0.2, -0.15) is 0 Å². The zero-order valence-electron chi connectivity index (χ0n) is 7.99. The average molecular weight is 159 g/mol. The Bertz CT molecular complexity index is 102. The second kappa shape index (κ2) is 3.05. The molecule has 0 aliphatic carbocycles. The lowest BCUT2D eigenvalue weighted by molar-refractivity contribution is 0.133. The summed E-state index contributed by atoms with van der Waals surface area (Å²) in [6.45, 7) is 10.8. The molecule has 0 saturated heterocycles. The van der Waals surface area contributed by atoms with Crippen LogP contribution < -0.4 is 0 Å². The van der Waals surface area contributed by atoms with Crippen LogP contribution in [0.25, 0.3) is 0 Å². The zero-order chi connectivity index (χ0) is 8.41. The Kier molecular flexibility index (Phi) is 3.11. The average Bonchev–Trinajstić information content (AvgIpc) is 1.60. The van der Waals surface area contributed by atoms with Crippen LogP contribution in [-0.2, 0) is 4.43 Å². The van der Waals surface area contributed by atoms with Gasteiger partial charge in [0.2, 0.25) is 0 Å². The molecule has 61 valence electrons. The molecule has 0 rings (SSSR count). The molecule has 1 radical (unpaired) electrons. The summed E-state index contributed by atoms with van der Waals surface area (Å²) in [5.41, 5.74) is 0.221. The Morgan fingerprint density at radius 3 is 1.60 bits per heavy atom. The second-order valence-electron chi connectivity index (χ2n) is 4.32. The molecular weight excluding hydrogens is 140 g/mol. The van der Waals surface area contributed by atoms with E-state index in [9.17, 15) is 0 Å². The monoisotopic (exact) mass is 159 g/mol. The molecule has 2 heteroatoms. The van der Waals surface area contributed by atoms with Crippen molar-refractivity contribution >= 4 is 10.5 Å². The third-order valence-electron chi connectivity index (χ3n) is 1.31. The maximum absolute atomic E-state index is 5.40. The molecular formula is C8H19OSi. The van der Waals surface area contributed by atoms with Crippen LogP contribution in [0, 0.1) is 11.8 Å². The van der Waals surface area contributed by atoms with Crippen LogP contribution in [0.3, 0.4) is 0 Å². The third kappa shape index (κ3) is 5.00. The summed E-state index contributed by atoms with van der Waals surface area (Å²) in [7, 11) is 0.809. The first-order chi connectivity index (χ1) is 4.27. The Morgan fingerprint density at radius 2 is 1.50 bits per heavy atom. The molecule has 0 unspecified atom stereocenters. The molecule has 0 aromatic carbocycles.